The zero-order valence-electron chi connectivity index (χ0n) is 28.4. The average molecular weight is 618 g/mol. The Balaban J connectivity index is 2.46. The van der Waals surface area contributed by atoms with Gasteiger partial charge in [0.25, 0.3) is 0 Å². The maximum Gasteiger partial charge on any atom is 0.342 e. The molecule has 4 atom stereocenters. The molecule has 0 saturated carbocycles. The summed E-state index contributed by atoms with van der Waals surface area (Å²) in [5, 5.41) is 2.73. The van der Waals surface area contributed by atoms with Crippen LogP contribution in [-0.2, 0) is 44.5 Å². The molecule has 44 heavy (non-hydrogen) atoms. The molecule has 1 saturated heterocycles. The minimum absolute atomic E-state index is 0.0787. The van der Waals surface area contributed by atoms with Gasteiger partial charge in [-0.3, -0.25) is 9.59 Å². The lowest BCUT2D eigenvalue weighted by atomic mass is 9.83. The standard InChI is InChI=1S/C34H51NO9/c1-14-23(34(20-25(36)42-32(8,9)10)28(39)40-29(44-34)30(2,3)4)26(37)35-24(27(38)43-33(11,12)13)19-21-15-17-22(18-16-21)41-31(5,6)7/h14-18,23-24,29H,1,19-20H2,2-13H3,(H,35,37)/t23-,24-,29+,34-/m0/s1. The van der Waals surface area contributed by atoms with Crippen LogP contribution in [0.25, 0.3) is 0 Å². The van der Waals surface area contributed by atoms with E-state index in [0.717, 1.165) is 5.56 Å². The number of hydrogen-bond donors (Lipinski definition) is 1. The van der Waals surface area contributed by atoms with Crippen LogP contribution in [0.2, 0.25) is 0 Å². The number of amides is 1. The van der Waals surface area contributed by atoms with Gasteiger partial charge in [0.05, 0.1) is 12.3 Å². The van der Waals surface area contributed by atoms with Crippen molar-refractivity contribution in [2.24, 2.45) is 11.3 Å². The number of rotatable bonds is 10. The van der Waals surface area contributed by atoms with Crippen molar-refractivity contribution in [3.8, 4) is 5.75 Å². The fourth-order valence-corrected chi connectivity index (χ4v) is 4.45. The summed E-state index contributed by atoms with van der Waals surface area (Å²) in [5.74, 6) is -3.86. The summed E-state index contributed by atoms with van der Waals surface area (Å²) < 4.78 is 28.7. The summed E-state index contributed by atoms with van der Waals surface area (Å²) in [5.41, 5.74) is -4.10. The molecule has 10 heteroatoms. The third kappa shape index (κ3) is 10.6. The van der Waals surface area contributed by atoms with Crippen LogP contribution in [0.4, 0.5) is 0 Å². The maximum atomic E-state index is 14.0. The second kappa shape index (κ2) is 13.3. The Morgan fingerprint density at radius 1 is 0.909 bits per heavy atom. The average Bonchev–Trinajstić information content (AvgIpc) is 3.13. The first-order chi connectivity index (χ1) is 19.8. The van der Waals surface area contributed by atoms with Gasteiger partial charge < -0.3 is 29.0 Å². The van der Waals surface area contributed by atoms with Crippen LogP contribution in [0.15, 0.2) is 36.9 Å². The van der Waals surface area contributed by atoms with E-state index >= 15 is 0 Å². The molecular formula is C34H51NO9. The molecule has 10 nitrogen and oxygen atoms in total. The summed E-state index contributed by atoms with van der Waals surface area (Å²) in [6, 6.07) is 6.02. The van der Waals surface area contributed by atoms with Gasteiger partial charge in [0, 0.05) is 11.8 Å². The predicted octanol–water partition coefficient (Wildman–Crippen LogP) is 5.45. The Morgan fingerprint density at radius 2 is 1.45 bits per heavy atom. The maximum absolute atomic E-state index is 14.0. The highest BCUT2D eigenvalue weighted by Crippen LogP contribution is 2.42. The highest BCUT2D eigenvalue weighted by Gasteiger charge is 2.61. The molecule has 1 fully saturated rings. The Labute approximate surface area is 262 Å². The lowest BCUT2D eigenvalue weighted by Crippen LogP contribution is -2.55. The van der Waals surface area contributed by atoms with Crippen molar-refractivity contribution < 1.29 is 42.9 Å². The van der Waals surface area contributed by atoms with Gasteiger partial charge >= 0.3 is 17.9 Å². The number of carbonyl (C=O) groups excluding carboxylic acids is 4. The number of cyclic esters (lactones) is 1. The topological polar surface area (TPSA) is 126 Å². The molecule has 0 bridgehead atoms. The molecule has 1 amide bonds. The van der Waals surface area contributed by atoms with E-state index in [1.807, 2.05) is 20.8 Å². The van der Waals surface area contributed by atoms with Crippen LogP contribution in [0.5, 0.6) is 5.75 Å². The monoisotopic (exact) mass is 617 g/mol. The summed E-state index contributed by atoms with van der Waals surface area (Å²) in [4.78, 5) is 53.9. The minimum Gasteiger partial charge on any atom is -0.488 e. The molecule has 2 rings (SSSR count). The van der Waals surface area contributed by atoms with Gasteiger partial charge in [-0.1, -0.05) is 39.0 Å². The summed E-state index contributed by atoms with van der Waals surface area (Å²) >= 11 is 0. The molecule has 0 spiro atoms. The minimum atomic E-state index is -2.07. The third-order valence-electron chi connectivity index (χ3n) is 6.23. The van der Waals surface area contributed by atoms with Crippen molar-refractivity contribution in [2.75, 3.05) is 0 Å². The van der Waals surface area contributed by atoms with E-state index in [4.69, 9.17) is 23.7 Å². The molecular weight excluding hydrogens is 566 g/mol. The normalized spacial score (nSPS) is 20.6. The van der Waals surface area contributed by atoms with Gasteiger partial charge in [0.2, 0.25) is 12.2 Å². The van der Waals surface area contributed by atoms with E-state index in [1.54, 1.807) is 86.6 Å². The first-order valence-electron chi connectivity index (χ1n) is 14.9. The van der Waals surface area contributed by atoms with E-state index < -0.39 is 70.7 Å². The lowest BCUT2D eigenvalue weighted by Gasteiger charge is -2.33. The fourth-order valence-electron chi connectivity index (χ4n) is 4.45. The van der Waals surface area contributed by atoms with Crippen LogP contribution in [-0.4, -0.2) is 58.6 Å². The number of esters is 3. The molecule has 0 aliphatic carbocycles. The van der Waals surface area contributed by atoms with Crippen molar-refractivity contribution in [3.05, 3.63) is 42.5 Å². The van der Waals surface area contributed by atoms with Crippen molar-refractivity contribution in [2.45, 2.75) is 131 Å². The van der Waals surface area contributed by atoms with Gasteiger partial charge in [0.1, 0.15) is 28.6 Å². The molecule has 1 aromatic rings. The van der Waals surface area contributed by atoms with E-state index in [1.165, 1.54) is 6.08 Å². The number of ether oxygens (including phenoxy) is 5. The molecule has 1 aromatic carbocycles. The van der Waals surface area contributed by atoms with Gasteiger partial charge in [-0.2, -0.15) is 0 Å². The van der Waals surface area contributed by atoms with Crippen molar-refractivity contribution >= 4 is 23.8 Å². The quantitative estimate of drug-likeness (QED) is 0.207. The molecule has 0 unspecified atom stereocenters. The van der Waals surface area contributed by atoms with Crippen LogP contribution in [0.1, 0.15) is 95.1 Å². The van der Waals surface area contributed by atoms with E-state index in [-0.39, 0.29) is 12.0 Å². The summed E-state index contributed by atoms with van der Waals surface area (Å²) in [6.45, 7) is 25.2. The van der Waals surface area contributed by atoms with E-state index in [9.17, 15) is 19.2 Å². The summed E-state index contributed by atoms with van der Waals surface area (Å²) in [7, 11) is 0. The van der Waals surface area contributed by atoms with Crippen LogP contribution in [0.3, 0.4) is 0 Å². The predicted molar refractivity (Wildman–Crippen MR) is 166 cm³/mol. The zero-order valence-corrected chi connectivity index (χ0v) is 28.4. The smallest absolute Gasteiger partial charge is 0.342 e. The number of hydrogen-bond acceptors (Lipinski definition) is 9. The van der Waals surface area contributed by atoms with Crippen LogP contribution >= 0.6 is 0 Å². The Hall–Kier alpha value is -3.40. The van der Waals surface area contributed by atoms with E-state index in [0.29, 0.717) is 5.75 Å². The Kier molecular flexibility index (Phi) is 11.1. The molecule has 1 heterocycles. The van der Waals surface area contributed by atoms with Crippen molar-refractivity contribution in [3.63, 3.8) is 0 Å². The van der Waals surface area contributed by atoms with Crippen molar-refractivity contribution in [1.29, 1.82) is 0 Å². The Bertz CT molecular complexity index is 1210. The molecule has 1 aliphatic rings. The SMILES string of the molecule is C=C[C@@H](C(=O)N[C@@H](Cc1ccc(OC(C)(C)C)cc1)C(=O)OC(C)(C)C)[C@]1(CC(=O)OC(C)(C)C)O[C@H](C(C)(C)C)OC1=O. The second-order valence-electron chi connectivity index (χ2n) is 15.2. The molecule has 246 valence electrons. The number of benzene rings is 1. The third-order valence-corrected chi connectivity index (χ3v) is 6.23. The number of nitrogens with one attached hydrogen (secondary N) is 1. The van der Waals surface area contributed by atoms with Gasteiger partial charge in [-0.25, -0.2) is 9.59 Å². The van der Waals surface area contributed by atoms with E-state index in [2.05, 4.69) is 11.9 Å². The Morgan fingerprint density at radius 3 is 1.89 bits per heavy atom. The van der Waals surface area contributed by atoms with Gasteiger partial charge in [0.15, 0.2) is 5.60 Å². The molecule has 1 aliphatic heterocycles. The van der Waals surface area contributed by atoms with Gasteiger partial charge in [-0.15, -0.1) is 6.58 Å². The largest absolute Gasteiger partial charge is 0.488 e. The number of carbonyl (C=O) groups is 4. The van der Waals surface area contributed by atoms with Crippen LogP contribution in [0, 0.1) is 11.3 Å². The first kappa shape index (κ1) is 36.8. The molecule has 1 N–H and O–H groups in total. The van der Waals surface area contributed by atoms with Crippen LogP contribution < -0.4 is 10.1 Å². The van der Waals surface area contributed by atoms with Crippen molar-refractivity contribution in [1.82, 2.24) is 5.32 Å². The first-order valence-corrected chi connectivity index (χ1v) is 14.9. The molecule has 0 radical (unpaired) electrons. The summed E-state index contributed by atoms with van der Waals surface area (Å²) in [6.07, 6.45) is -0.360. The zero-order chi connectivity index (χ0) is 33.9. The highest BCUT2D eigenvalue weighted by atomic mass is 16.8. The second-order valence-corrected chi connectivity index (χ2v) is 15.2. The lowest BCUT2D eigenvalue weighted by molar-refractivity contribution is -0.178. The highest BCUT2D eigenvalue weighted by molar-refractivity contribution is 5.96. The van der Waals surface area contributed by atoms with Gasteiger partial charge in [-0.05, 0) is 80.0 Å². The molecule has 0 aromatic heterocycles. The fraction of sp³-hybridized carbons (Fsp3) is 0.647.